The van der Waals surface area contributed by atoms with Crippen molar-refractivity contribution in [1.29, 1.82) is 0 Å². The number of nitro benzene ring substituents is 1. The van der Waals surface area contributed by atoms with Crippen molar-refractivity contribution in [3.63, 3.8) is 0 Å². The number of ether oxygens (including phenoxy) is 4. The Labute approximate surface area is 161 Å². The second kappa shape index (κ2) is 8.77. The minimum Gasteiger partial charge on any atom is -0.484 e. The van der Waals surface area contributed by atoms with Crippen molar-refractivity contribution in [2.24, 2.45) is 0 Å². The fourth-order valence-electron chi connectivity index (χ4n) is 2.43. The molecule has 0 saturated carbocycles. The molecular formula is C16H15F3N2O8. The number of benzene rings is 1. The Hall–Kier alpha value is -3.35. The summed E-state index contributed by atoms with van der Waals surface area (Å²) in [6.45, 7) is -2.33. The minimum absolute atomic E-state index is 0.127. The largest absolute Gasteiger partial charge is 0.484 e. The summed E-state index contributed by atoms with van der Waals surface area (Å²) < 4.78 is 56.4. The Balaban J connectivity index is 2.57. The Morgan fingerprint density at radius 2 is 1.86 bits per heavy atom. The Morgan fingerprint density at radius 1 is 1.21 bits per heavy atom. The molecule has 0 amide bonds. The highest BCUT2D eigenvalue weighted by Gasteiger charge is 2.34. The molecule has 1 aromatic carbocycles. The van der Waals surface area contributed by atoms with E-state index >= 15 is 0 Å². The summed E-state index contributed by atoms with van der Waals surface area (Å²) in [5.74, 6) is -2.35. The number of hydrogen-bond acceptors (Lipinski definition) is 9. The topological polar surface area (TPSA) is 117 Å². The summed E-state index contributed by atoms with van der Waals surface area (Å²) in [4.78, 5) is 35.6. The number of nitrogens with zero attached hydrogens (tertiary/aromatic N) is 2. The number of esters is 2. The van der Waals surface area contributed by atoms with E-state index in [1.54, 1.807) is 0 Å². The van der Waals surface area contributed by atoms with Gasteiger partial charge < -0.3 is 23.8 Å². The van der Waals surface area contributed by atoms with E-state index < -0.39 is 41.1 Å². The van der Waals surface area contributed by atoms with Gasteiger partial charge in [-0.3, -0.25) is 10.1 Å². The van der Waals surface area contributed by atoms with Crippen LogP contribution in [0.15, 0.2) is 29.5 Å². The van der Waals surface area contributed by atoms with E-state index in [2.05, 4.69) is 14.2 Å². The number of anilines is 1. The first kappa shape index (κ1) is 21.9. The summed E-state index contributed by atoms with van der Waals surface area (Å²) in [6, 6.07) is 2.81. The van der Waals surface area contributed by atoms with Crippen molar-refractivity contribution in [2.75, 3.05) is 39.1 Å². The minimum atomic E-state index is -4.67. The average Bonchev–Trinajstić information content (AvgIpc) is 2.69. The van der Waals surface area contributed by atoms with Crippen LogP contribution in [-0.4, -0.2) is 57.2 Å². The Bertz CT molecular complexity index is 853. The molecule has 0 N–H and O–H groups in total. The zero-order chi connectivity index (χ0) is 21.8. The zero-order valence-corrected chi connectivity index (χ0v) is 15.1. The molecule has 1 aliphatic heterocycles. The standard InChI is InChI=1S/C16H15F3N2O8/c1-26-14(22)12-6-28-8-20(13(12)15(23)27-2)9-3-10(21(24)25)5-11(4-9)29-7-16(17,18)19/h3-5H,6-8H2,1-2H3. The van der Waals surface area contributed by atoms with Gasteiger partial charge in [0.05, 0.1) is 43.1 Å². The van der Waals surface area contributed by atoms with Crippen molar-refractivity contribution in [1.82, 2.24) is 0 Å². The molecule has 1 heterocycles. The predicted molar refractivity (Wildman–Crippen MR) is 89.0 cm³/mol. The molecule has 2 rings (SSSR count). The van der Waals surface area contributed by atoms with E-state index in [9.17, 15) is 32.9 Å². The van der Waals surface area contributed by atoms with Gasteiger partial charge in [0.1, 0.15) is 18.2 Å². The van der Waals surface area contributed by atoms with Crippen LogP contribution in [0.5, 0.6) is 5.75 Å². The number of hydrogen-bond donors (Lipinski definition) is 0. The van der Waals surface area contributed by atoms with Gasteiger partial charge in [0.25, 0.3) is 5.69 Å². The summed E-state index contributed by atoms with van der Waals surface area (Å²) in [6.07, 6.45) is -4.67. The van der Waals surface area contributed by atoms with Crippen LogP contribution in [0.25, 0.3) is 0 Å². The van der Waals surface area contributed by atoms with Gasteiger partial charge in [-0.2, -0.15) is 13.2 Å². The molecule has 0 spiro atoms. The van der Waals surface area contributed by atoms with E-state index in [0.717, 1.165) is 37.3 Å². The van der Waals surface area contributed by atoms with E-state index in [-0.39, 0.29) is 30.3 Å². The first-order valence-corrected chi connectivity index (χ1v) is 7.81. The van der Waals surface area contributed by atoms with E-state index in [0.29, 0.717) is 0 Å². The lowest BCUT2D eigenvalue weighted by Crippen LogP contribution is -2.38. The van der Waals surface area contributed by atoms with Gasteiger partial charge in [0, 0.05) is 12.1 Å². The summed E-state index contributed by atoms with van der Waals surface area (Å²) in [7, 11) is 2.11. The van der Waals surface area contributed by atoms with Crippen LogP contribution in [0.1, 0.15) is 0 Å². The highest BCUT2D eigenvalue weighted by molar-refractivity contribution is 6.03. The monoisotopic (exact) mass is 420 g/mol. The second-order valence-electron chi connectivity index (χ2n) is 5.56. The van der Waals surface area contributed by atoms with Gasteiger partial charge in [-0.25, -0.2) is 9.59 Å². The number of methoxy groups -OCH3 is 2. The van der Waals surface area contributed by atoms with Crippen molar-refractivity contribution >= 4 is 23.3 Å². The maximum Gasteiger partial charge on any atom is 0.422 e. The van der Waals surface area contributed by atoms with E-state index in [1.807, 2.05) is 0 Å². The number of alkyl halides is 3. The van der Waals surface area contributed by atoms with Gasteiger partial charge in [0.15, 0.2) is 6.61 Å². The SMILES string of the molecule is COC(=O)C1=C(C(=O)OC)N(c2cc(OCC(F)(F)F)cc([N+](=O)[O-])c2)COC1. The molecule has 0 radical (unpaired) electrons. The van der Waals surface area contributed by atoms with Gasteiger partial charge in [0.2, 0.25) is 0 Å². The van der Waals surface area contributed by atoms with Crippen LogP contribution in [0.3, 0.4) is 0 Å². The number of carbonyl (C=O) groups excluding carboxylic acids is 2. The molecule has 1 aromatic rings. The number of carbonyl (C=O) groups is 2. The summed E-state index contributed by atoms with van der Waals surface area (Å²) in [5, 5.41) is 11.2. The van der Waals surface area contributed by atoms with Crippen LogP contribution < -0.4 is 9.64 Å². The van der Waals surface area contributed by atoms with Crippen molar-refractivity contribution in [3.05, 3.63) is 39.6 Å². The van der Waals surface area contributed by atoms with Crippen molar-refractivity contribution < 1.29 is 46.6 Å². The lowest BCUT2D eigenvalue weighted by atomic mass is 10.1. The van der Waals surface area contributed by atoms with Gasteiger partial charge in [-0.15, -0.1) is 0 Å². The molecule has 13 heteroatoms. The fraction of sp³-hybridized carbons (Fsp3) is 0.375. The zero-order valence-electron chi connectivity index (χ0n) is 15.1. The maximum absolute atomic E-state index is 12.4. The number of non-ortho nitro benzene ring substituents is 1. The lowest BCUT2D eigenvalue weighted by Gasteiger charge is -2.31. The molecule has 0 saturated heterocycles. The van der Waals surface area contributed by atoms with Gasteiger partial charge in [-0.1, -0.05) is 0 Å². The first-order chi connectivity index (χ1) is 13.6. The molecule has 10 nitrogen and oxygen atoms in total. The van der Waals surface area contributed by atoms with Gasteiger partial charge in [-0.05, 0) is 0 Å². The lowest BCUT2D eigenvalue weighted by molar-refractivity contribution is -0.384. The molecule has 0 aromatic heterocycles. The molecule has 0 unspecified atom stereocenters. The van der Waals surface area contributed by atoms with Crippen molar-refractivity contribution in [2.45, 2.75) is 6.18 Å². The highest BCUT2D eigenvalue weighted by atomic mass is 19.4. The third kappa shape index (κ3) is 5.34. The normalized spacial score (nSPS) is 14.4. The fourth-order valence-corrected chi connectivity index (χ4v) is 2.43. The number of rotatable bonds is 6. The highest BCUT2D eigenvalue weighted by Crippen LogP contribution is 2.33. The third-order valence-corrected chi connectivity index (χ3v) is 3.63. The average molecular weight is 420 g/mol. The van der Waals surface area contributed by atoms with E-state index in [4.69, 9.17) is 4.74 Å². The van der Waals surface area contributed by atoms with Gasteiger partial charge >= 0.3 is 18.1 Å². The van der Waals surface area contributed by atoms with Crippen molar-refractivity contribution in [3.8, 4) is 5.75 Å². The quantitative estimate of drug-likeness (QED) is 0.386. The maximum atomic E-state index is 12.4. The molecule has 0 fully saturated rings. The summed E-state index contributed by atoms with van der Waals surface area (Å²) >= 11 is 0. The molecule has 158 valence electrons. The molecular weight excluding hydrogens is 405 g/mol. The molecule has 0 atom stereocenters. The number of nitro groups is 1. The molecule has 0 aliphatic carbocycles. The van der Waals surface area contributed by atoms with Crippen LogP contribution in [0.2, 0.25) is 0 Å². The van der Waals surface area contributed by atoms with Crippen LogP contribution >= 0.6 is 0 Å². The molecule has 29 heavy (non-hydrogen) atoms. The molecule has 1 aliphatic rings. The predicted octanol–water partition coefficient (Wildman–Crippen LogP) is 1.93. The van der Waals surface area contributed by atoms with Crippen LogP contribution in [0.4, 0.5) is 24.5 Å². The number of halogens is 3. The molecule has 0 bridgehead atoms. The first-order valence-electron chi connectivity index (χ1n) is 7.81. The van der Waals surface area contributed by atoms with E-state index in [1.165, 1.54) is 0 Å². The second-order valence-corrected chi connectivity index (χ2v) is 5.56. The third-order valence-electron chi connectivity index (χ3n) is 3.63. The summed E-state index contributed by atoms with van der Waals surface area (Å²) in [5.41, 5.74) is -1.28. The Kier molecular flexibility index (Phi) is 6.64. The Morgan fingerprint density at radius 3 is 2.41 bits per heavy atom. The van der Waals surface area contributed by atoms with Crippen LogP contribution in [-0.2, 0) is 23.8 Å². The smallest absolute Gasteiger partial charge is 0.422 e. The van der Waals surface area contributed by atoms with Crippen LogP contribution in [0, 0.1) is 10.1 Å².